The summed E-state index contributed by atoms with van der Waals surface area (Å²) in [6.45, 7) is 3.00. The summed E-state index contributed by atoms with van der Waals surface area (Å²) >= 11 is 6.02. The van der Waals surface area contributed by atoms with Gasteiger partial charge >= 0.3 is 0 Å². The molecular weight excluding hydrogens is 331 g/mol. The number of likely N-dealkylation sites (tertiary alicyclic amines) is 2. The maximum Gasteiger partial charge on any atom is 0.227 e. The third-order valence-corrected chi connectivity index (χ3v) is 5.72. The average Bonchev–Trinajstić information content (AvgIpc) is 2.50. The highest BCUT2D eigenvalue weighted by molar-refractivity contribution is 6.31. The van der Waals surface area contributed by atoms with Crippen molar-refractivity contribution in [2.45, 2.75) is 31.8 Å². The van der Waals surface area contributed by atoms with Crippen LogP contribution in [0.15, 0.2) is 18.2 Å². The van der Waals surface area contributed by atoms with Crippen LogP contribution >= 0.6 is 11.6 Å². The van der Waals surface area contributed by atoms with Gasteiger partial charge in [-0.05, 0) is 43.9 Å². The molecule has 0 aliphatic carbocycles. The Labute approximate surface area is 147 Å². The van der Waals surface area contributed by atoms with Gasteiger partial charge in [0.05, 0.1) is 12.5 Å². The molecule has 2 fully saturated rings. The molecule has 0 aromatic heterocycles. The smallest absolute Gasteiger partial charge is 0.227 e. The van der Waals surface area contributed by atoms with Crippen molar-refractivity contribution in [2.24, 2.45) is 5.41 Å². The van der Waals surface area contributed by atoms with Gasteiger partial charge in [0, 0.05) is 36.8 Å². The average molecular weight is 355 g/mol. The summed E-state index contributed by atoms with van der Waals surface area (Å²) < 4.78 is 13.9. The first kappa shape index (κ1) is 17.6. The van der Waals surface area contributed by atoms with Gasteiger partial charge in [0.2, 0.25) is 5.91 Å². The number of aliphatic hydroxyl groups excluding tert-OH is 1. The molecule has 2 saturated heterocycles. The van der Waals surface area contributed by atoms with Crippen LogP contribution in [0.25, 0.3) is 0 Å². The number of hydrogen-bond acceptors (Lipinski definition) is 3. The highest BCUT2D eigenvalue weighted by Gasteiger charge is 2.41. The summed E-state index contributed by atoms with van der Waals surface area (Å²) in [4.78, 5) is 16.5. The quantitative estimate of drug-likeness (QED) is 0.886. The van der Waals surface area contributed by atoms with Crippen LogP contribution in [-0.2, 0) is 11.2 Å². The number of aliphatic hydroxyl groups is 1. The van der Waals surface area contributed by atoms with Crippen LogP contribution in [0.3, 0.4) is 0 Å². The molecule has 0 radical (unpaired) electrons. The molecule has 0 bridgehead atoms. The summed E-state index contributed by atoms with van der Waals surface area (Å²) in [5.74, 6) is -0.511. The van der Waals surface area contributed by atoms with Crippen LogP contribution in [0.4, 0.5) is 4.39 Å². The molecule has 1 spiro atoms. The lowest BCUT2D eigenvalue weighted by Gasteiger charge is -2.48. The van der Waals surface area contributed by atoms with Crippen molar-refractivity contribution < 1.29 is 14.3 Å². The molecule has 2 heterocycles. The Hall–Kier alpha value is -1.17. The fourth-order valence-corrected chi connectivity index (χ4v) is 4.41. The highest BCUT2D eigenvalue weighted by Crippen LogP contribution is 2.39. The summed E-state index contributed by atoms with van der Waals surface area (Å²) in [5.41, 5.74) is 0.371. The molecule has 2 aliphatic heterocycles. The molecule has 24 heavy (non-hydrogen) atoms. The van der Waals surface area contributed by atoms with Crippen LogP contribution in [0.1, 0.15) is 24.8 Å². The van der Waals surface area contributed by atoms with Crippen molar-refractivity contribution in [1.82, 2.24) is 9.80 Å². The first-order chi connectivity index (χ1) is 11.4. The van der Waals surface area contributed by atoms with Crippen molar-refractivity contribution >= 4 is 17.5 Å². The van der Waals surface area contributed by atoms with E-state index in [0.29, 0.717) is 18.1 Å². The van der Waals surface area contributed by atoms with E-state index in [0.717, 1.165) is 32.4 Å². The van der Waals surface area contributed by atoms with Crippen molar-refractivity contribution in [3.63, 3.8) is 0 Å². The number of nitrogens with zero attached hydrogens (tertiary/aromatic N) is 2. The predicted molar refractivity (Wildman–Crippen MR) is 91.5 cm³/mol. The lowest BCUT2D eigenvalue weighted by atomic mass is 9.71. The molecule has 2 aliphatic rings. The number of halogens is 2. The Morgan fingerprint density at radius 2 is 2.12 bits per heavy atom. The maximum atomic E-state index is 13.9. The molecule has 1 aromatic rings. The largest absolute Gasteiger partial charge is 0.392 e. The molecule has 1 N–H and O–H groups in total. The zero-order valence-electron chi connectivity index (χ0n) is 14.0. The number of amides is 1. The van der Waals surface area contributed by atoms with Crippen molar-refractivity contribution in [3.05, 3.63) is 34.6 Å². The zero-order chi connectivity index (χ0) is 17.3. The van der Waals surface area contributed by atoms with Crippen LogP contribution in [0, 0.1) is 11.2 Å². The Kier molecular flexibility index (Phi) is 5.13. The molecular formula is C18H24ClFN2O2. The SMILES string of the molecule is CN1CC(O)CC2(CCN(C(=O)Cc3c(F)cccc3Cl)CC2)C1. The number of carbonyl (C=O) groups excluding carboxylic acids is 1. The van der Waals surface area contributed by atoms with E-state index in [1.165, 1.54) is 6.07 Å². The molecule has 1 aromatic carbocycles. The van der Waals surface area contributed by atoms with E-state index in [1.54, 1.807) is 17.0 Å². The normalized spacial score (nSPS) is 24.3. The molecule has 4 nitrogen and oxygen atoms in total. The Bertz CT molecular complexity index is 585. The third-order valence-electron chi connectivity index (χ3n) is 5.36. The molecule has 1 unspecified atom stereocenters. The first-order valence-corrected chi connectivity index (χ1v) is 8.84. The van der Waals surface area contributed by atoms with Gasteiger partial charge in [-0.1, -0.05) is 17.7 Å². The number of benzene rings is 1. The van der Waals surface area contributed by atoms with Gasteiger partial charge in [0.1, 0.15) is 5.82 Å². The van der Waals surface area contributed by atoms with Crippen molar-refractivity contribution in [1.29, 1.82) is 0 Å². The second-order valence-corrected chi connectivity index (χ2v) is 7.72. The number of piperidine rings is 2. The number of likely N-dealkylation sites (N-methyl/N-ethyl adjacent to an activating group) is 1. The Morgan fingerprint density at radius 3 is 2.75 bits per heavy atom. The van der Waals surface area contributed by atoms with E-state index in [1.807, 2.05) is 7.05 Å². The number of carbonyl (C=O) groups is 1. The minimum Gasteiger partial charge on any atom is -0.392 e. The van der Waals surface area contributed by atoms with Gasteiger partial charge in [-0.15, -0.1) is 0 Å². The fraction of sp³-hybridized carbons (Fsp3) is 0.611. The number of rotatable bonds is 2. The molecule has 1 amide bonds. The fourth-order valence-electron chi connectivity index (χ4n) is 4.18. The van der Waals surface area contributed by atoms with Gasteiger partial charge < -0.3 is 14.9 Å². The van der Waals surface area contributed by atoms with Crippen LogP contribution in [0.2, 0.25) is 5.02 Å². The molecule has 1 atom stereocenters. The predicted octanol–water partition coefficient (Wildman–Crippen LogP) is 2.33. The summed E-state index contributed by atoms with van der Waals surface area (Å²) in [7, 11) is 2.03. The summed E-state index contributed by atoms with van der Waals surface area (Å²) in [5, 5.41) is 10.3. The topological polar surface area (TPSA) is 43.8 Å². The number of hydrogen-bond donors (Lipinski definition) is 1. The summed E-state index contributed by atoms with van der Waals surface area (Å²) in [6, 6.07) is 4.48. The Morgan fingerprint density at radius 1 is 1.42 bits per heavy atom. The first-order valence-electron chi connectivity index (χ1n) is 8.46. The van der Waals surface area contributed by atoms with Crippen LogP contribution in [0.5, 0.6) is 0 Å². The van der Waals surface area contributed by atoms with E-state index in [4.69, 9.17) is 11.6 Å². The van der Waals surface area contributed by atoms with Gasteiger partial charge in [0.25, 0.3) is 0 Å². The van der Waals surface area contributed by atoms with Gasteiger partial charge in [-0.3, -0.25) is 4.79 Å². The molecule has 132 valence electrons. The van der Waals surface area contributed by atoms with Gasteiger partial charge in [-0.2, -0.15) is 0 Å². The van der Waals surface area contributed by atoms with Gasteiger partial charge in [-0.25, -0.2) is 4.39 Å². The van der Waals surface area contributed by atoms with Crippen molar-refractivity contribution in [2.75, 3.05) is 33.2 Å². The minimum atomic E-state index is -0.429. The maximum absolute atomic E-state index is 13.9. The third kappa shape index (κ3) is 3.73. The van der Waals surface area contributed by atoms with E-state index in [9.17, 15) is 14.3 Å². The lowest BCUT2D eigenvalue weighted by Crippen LogP contribution is -2.53. The minimum absolute atomic E-state index is 0.00103. The second-order valence-electron chi connectivity index (χ2n) is 7.31. The van der Waals surface area contributed by atoms with Gasteiger partial charge in [0.15, 0.2) is 0 Å². The Balaban J connectivity index is 1.61. The monoisotopic (exact) mass is 354 g/mol. The lowest BCUT2D eigenvalue weighted by molar-refractivity contribution is -0.134. The second kappa shape index (κ2) is 6.98. The van der Waals surface area contributed by atoms with Crippen molar-refractivity contribution in [3.8, 4) is 0 Å². The highest BCUT2D eigenvalue weighted by atomic mass is 35.5. The number of β-amino-alcohol motifs (C(OH)–C–C–N with tert-alkyl or cyclic N) is 1. The van der Waals surface area contributed by atoms with Crippen LogP contribution < -0.4 is 0 Å². The molecule has 0 saturated carbocycles. The molecule has 6 heteroatoms. The molecule has 3 rings (SSSR count). The van der Waals surface area contributed by atoms with E-state index < -0.39 is 5.82 Å². The zero-order valence-corrected chi connectivity index (χ0v) is 14.7. The van der Waals surface area contributed by atoms with Crippen LogP contribution in [-0.4, -0.2) is 60.1 Å². The van der Waals surface area contributed by atoms with E-state index in [2.05, 4.69) is 4.90 Å². The summed E-state index contributed by atoms with van der Waals surface area (Å²) in [6.07, 6.45) is 2.28. The van der Waals surface area contributed by atoms with E-state index in [-0.39, 0.29) is 29.4 Å². The van der Waals surface area contributed by atoms with E-state index >= 15 is 0 Å². The standard InChI is InChI=1S/C18H24ClFN2O2/c1-21-11-13(23)10-18(12-21)5-7-22(8-6-18)17(24)9-14-15(19)3-2-4-16(14)20/h2-4,13,23H,5-12H2,1H3.